The number of aryl methyl sites for hydroxylation is 1. The van der Waals surface area contributed by atoms with Gasteiger partial charge in [0.1, 0.15) is 5.82 Å². The summed E-state index contributed by atoms with van der Waals surface area (Å²) in [5.41, 5.74) is 2.57. The number of nitrogens with zero attached hydrogens (tertiary/aromatic N) is 1. The van der Waals surface area contributed by atoms with Crippen LogP contribution in [0, 0.1) is 13.8 Å². The van der Waals surface area contributed by atoms with Crippen LogP contribution in [-0.2, 0) is 10.0 Å². The van der Waals surface area contributed by atoms with Crippen molar-refractivity contribution in [1.82, 2.24) is 9.97 Å². The molecule has 0 unspecified atom stereocenters. The number of imidazole rings is 1. The number of H-pyrrole nitrogens is 1. The number of anilines is 1. The molecule has 1 aromatic heterocycles. The summed E-state index contributed by atoms with van der Waals surface area (Å²) in [6.07, 6.45) is 0. The molecule has 114 valence electrons. The van der Waals surface area contributed by atoms with Crippen LogP contribution in [0.25, 0.3) is 11.0 Å². The molecule has 7 heteroatoms. The van der Waals surface area contributed by atoms with Crippen LogP contribution >= 0.6 is 11.6 Å². The third-order valence-corrected chi connectivity index (χ3v) is 5.17. The van der Waals surface area contributed by atoms with Gasteiger partial charge in [0.05, 0.1) is 21.6 Å². The molecule has 0 saturated carbocycles. The summed E-state index contributed by atoms with van der Waals surface area (Å²) in [6.45, 7) is 3.59. The molecule has 5 nitrogen and oxygen atoms in total. The Balaban J connectivity index is 2.02. The predicted molar refractivity (Wildman–Crippen MR) is 87.8 cm³/mol. The standard InChI is InChI=1S/C15H14ClN3O2S/c1-9-12(16)4-3-5-13(9)19-22(20,21)11-6-7-14-15(8-11)18-10(2)17-14/h3-8,19H,1-2H3,(H,17,18). The molecule has 0 aliphatic rings. The highest BCUT2D eigenvalue weighted by Crippen LogP contribution is 2.26. The van der Waals surface area contributed by atoms with Crippen LogP contribution in [0.5, 0.6) is 0 Å². The molecule has 3 rings (SSSR count). The molecule has 0 fully saturated rings. The second-order valence-corrected chi connectivity index (χ2v) is 7.11. The zero-order valence-corrected chi connectivity index (χ0v) is 13.6. The summed E-state index contributed by atoms with van der Waals surface area (Å²) >= 11 is 6.02. The van der Waals surface area contributed by atoms with E-state index in [1.165, 1.54) is 6.07 Å². The fourth-order valence-electron chi connectivity index (χ4n) is 2.21. The monoisotopic (exact) mass is 335 g/mol. The van der Waals surface area contributed by atoms with E-state index in [0.29, 0.717) is 21.8 Å². The topological polar surface area (TPSA) is 74.8 Å². The maximum atomic E-state index is 12.5. The molecular weight excluding hydrogens is 322 g/mol. The molecule has 0 saturated heterocycles. The van der Waals surface area contributed by atoms with E-state index in [1.807, 2.05) is 6.92 Å². The first-order valence-electron chi connectivity index (χ1n) is 6.61. The van der Waals surface area contributed by atoms with Crippen molar-refractivity contribution < 1.29 is 8.42 Å². The molecule has 0 atom stereocenters. The predicted octanol–water partition coefficient (Wildman–Crippen LogP) is 3.63. The number of sulfonamides is 1. The van der Waals surface area contributed by atoms with Crippen LogP contribution in [-0.4, -0.2) is 18.4 Å². The highest BCUT2D eigenvalue weighted by atomic mass is 35.5. The van der Waals surface area contributed by atoms with Crippen molar-refractivity contribution in [3.8, 4) is 0 Å². The number of nitrogens with one attached hydrogen (secondary N) is 2. The lowest BCUT2D eigenvalue weighted by molar-refractivity contribution is 0.601. The number of rotatable bonds is 3. The zero-order valence-electron chi connectivity index (χ0n) is 12.0. The molecular formula is C15H14ClN3O2S. The Hall–Kier alpha value is -2.05. The summed E-state index contributed by atoms with van der Waals surface area (Å²) in [4.78, 5) is 7.46. The minimum atomic E-state index is -3.69. The van der Waals surface area contributed by atoms with Crippen LogP contribution in [0.2, 0.25) is 5.02 Å². The number of aromatic nitrogens is 2. The van der Waals surface area contributed by atoms with Crippen molar-refractivity contribution in [1.29, 1.82) is 0 Å². The van der Waals surface area contributed by atoms with Crippen molar-refractivity contribution in [2.75, 3.05) is 4.72 Å². The molecule has 2 aromatic carbocycles. The zero-order chi connectivity index (χ0) is 15.9. The maximum absolute atomic E-state index is 12.5. The van der Waals surface area contributed by atoms with Gasteiger partial charge in [0.15, 0.2) is 0 Å². The normalized spacial score (nSPS) is 11.8. The largest absolute Gasteiger partial charge is 0.342 e. The smallest absolute Gasteiger partial charge is 0.261 e. The van der Waals surface area contributed by atoms with E-state index in [0.717, 1.165) is 11.3 Å². The van der Waals surface area contributed by atoms with Gasteiger partial charge in [-0.1, -0.05) is 17.7 Å². The van der Waals surface area contributed by atoms with Gasteiger partial charge in [-0.25, -0.2) is 13.4 Å². The van der Waals surface area contributed by atoms with Crippen molar-refractivity contribution in [3.05, 3.63) is 52.8 Å². The summed E-state index contributed by atoms with van der Waals surface area (Å²) in [5, 5.41) is 0.514. The summed E-state index contributed by atoms with van der Waals surface area (Å²) in [7, 11) is -3.69. The second-order valence-electron chi connectivity index (χ2n) is 5.02. The lowest BCUT2D eigenvalue weighted by Crippen LogP contribution is -2.13. The summed E-state index contributed by atoms with van der Waals surface area (Å²) in [6, 6.07) is 9.88. The number of aromatic amines is 1. The van der Waals surface area contributed by atoms with Crippen LogP contribution in [0.3, 0.4) is 0 Å². The molecule has 1 heterocycles. The highest BCUT2D eigenvalue weighted by Gasteiger charge is 2.17. The lowest BCUT2D eigenvalue weighted by atomic mass is 10.2. The van der Waals surface area contributed by atoms with Gasteiger partial charge in [-0.2, -0.15) is 0 Å². The molecule has 0 spiro atoms. The van der Waals surface area contributed by atoms with Gasteiger partial charge >= 0.3 is 0 Å². The van der Waals surface area contributed by atoms with Gasteiger partial charge in [0, 0.05) is 5.02 Å². The van der Waals surface area contributed by atoms with Gasteiger partial charge in [-0.3, -0.25) is 4.72 Å². The Kier molecular flexibility index (Phi) is 3.58. The minimum Gasteiger partial charge on any atom is -0.342 e. The van der Waals surface area contributed by atoms with E-state index in [-0.39, 0.29) is 4.90 Å². The van der Waals surface area contributed by atoms with Gasteiger partial charge in [0.25, 0.3) is 10.0 Å². The molecule has 0 amide bonds. The first-order chi connectivity index (χ1) is 10.4. The van der Waals surface area contributed by atoms with Crippen LogP contribution in [0.15, 0.2) is 41.3 Å². The number of hydrogen-bond donors (Lipinski definition) is 2. The van der Waals surface area contributed by atoms with Crippen LogP contribution in [0.1, 0.15) is 11.4 Å². The highest BCUT2D eigenvalue weighted by molar-refractivity contribution is 7.92. The minimum absolute atomic E-state index is 0.169. The molecule has 0 bridgehead atoms. The molecule has 22 heavy (non-hydrogen) atoms. The second kappa shape index (κ2) is 5.30. The van der Waals surface area contributed by atoms with Gasteiger partial charge in [0.2, 0.25) is 0 Å². The van der Waals surface area contributed by atoms with E-state index in [9.17, 15) is 8.42 Å². The average Bonchev–Trinajstić information content (AvgIpc) is 2.82. The number of fused-ring (bicyclic) bond motifs is 1. The Morgan fingerprint density at radius 1 is 1.18 bits per heavy atom. The summed E-state index contributed by atoms with van der Waals surface area (Å²) < 4.78 is 27.6. The number of halogens is 1. The number of hydrogen-bond acceptors (Lipinski definition) is 3. The molecule has 2 N–H and O–H groups in total. The average molecular weight is 336 g/mol. The number of benzene rings is 2. The van der Waals surface area contributed by atoms with Crippen molar-refractivity contribution >= 4 is 38.3 Å². The third-order valence-electron chi connectivity index (χ3n) is 3.39. The SMILES string of the molecule is Cc1nc2ccc(S(=O)(=O)Nc3cccc(Cl)c3C)cc2[nH]1. The Bertz CT molecular complexity index is 964. The van der Waals surface area contributed by atoms with E-state index in [2.05, 4.69) is 14.7 Å². The molecule has 0 aliphatic heterocycles. The van der Waals surface area contributed by atoms with E-state index < -0.39 is 10.0 Å². The molecule has 0 radical (unpaired) electrons. The van der Waals surface area contributed by atoms with Crippen LogP contribution in [0.4, 0.5) is 5.69 Å². The first kappa shape index (κ1) is 14.9. The van der Waals surface area contributed by atoms with Crippen molar-refractivity contribution in [2.45, 2.75) is 18.7 Å². The quantitative estimate of drug-likeness (QED) is 0.767. The van der Waals surface area contributed by atoms with Gasteiger partial charge in [-0.15, -0.1) is 0 Å². The lowest BCUT2D eigenvalue weighted by Gasteiger charge is -2.11. The first-order valence-corrected chi connectivity index (χ1v) is 8.47. The fraction of sp³-hybridized carbons (Fsp3) is 0.133. The van der Waals surface area contributed by atoms with Gasteiger partial charge < -0.3 is 4.98 Å². The van der Waals surface area contributed by atoms with Crippen molar-refractivity contribution in [3.63, 3.8) is 0 Å². The van der Waals surface area contributed by atoms with Gasteiger partial charge in [-0.05, 0) is 49.7 Å². The maximum Gasteiger partial charge on any atom is 0.261 e. The summed E-state index contributed by atoms with van der Waals surface area (Å²) in [5.74, 6) is 0.739. The molecule has 0 aliphatic carbocycles. The fourth-order valence-corrected chi connectivity index (χ4v) is 3.53. The van der Waals surface area contributed by atoms with Crippen LogP contribution < -0.4 is 4.72 Å². The third kappa shape index (κ3) is 2.67. The Labute approximate surface area is 133 Å². The Morgan fingerprint density at radius 2 is 1.95 bits per heavy atom. The van der Waals surface area contributed by atoms with E-state index in [4.69, 9.17) is 11.6 Å². The van der Waals surface area contributed by atoms with E-state index in [1.54, 1.807) is 37.3 Å². The Morgan fingerprint density at radius 3 is 2.73 bits per heavy atom. The van der Waals surface area contributed by atoms with E-state index >= 15 is 0 Å². The van der Waals surface area contributed by atoms with Crippen molar-refractivity contribution in [2.24, 2.45) is 0 Å². The molecule has 3 aromatic rings.